The van der Waals surface area contributed by atoms with Gasteiger partial charge in [-0.3, -0.25) is 4.79 Å². The molecule has 5 nitrogen and oxygen atoms in total. The minimum atomic E-state index is -0.298. The van der Waals surface area contributed by atoms with Gasteiger partial charge in [-0.2, -0.15) is 0 Å². The van der Waals surface area contributed by atoms with E-state index in [1.54, 1.807) is 12.6 Å². The lowest BCUT2D eigenvalue weighted by atomic mass is 10.2. The molecule has 0 fully saturated rings. The first-order valence-corrected chi connectivity index (χ1v) is 6.76. The highest BCUT2D eigenvalue weighted by Gasteiger charge is 2.20. The van der Waals surface area contributed by atoms with Gasteiger partial charge in [0, 0.05) is 7.11 Å². The second-order valence-corrected chi connectivity index (χ2v) is 5.05. The van der Waals surface area contributed by atoms with Crippen LogP contribution in [0.3, 0.4) is 0 Å². The normalized spacial score (nSPS) is 12.4. The van der Waals surface area contributed by atoms with Gasteiger partial charge in [0.2, 0.25) is 0 Å². The van der Waals surface area contributed by atoms with Crippen LogP contribution in [0.5, 0.6) is 0 Å². The van der Waals surface area contributed by atoms with E-state index in [-0.39, 0.29) is 11.9 Å². The average molecular weight is 280 g/mol. The molecule has 0 saturated carbocycles. The van der Waals surface area contributed by atoms with Gasteiger partial charge in [0.15, 0.2) is 0 Å². The van der Waals surface area contributed by atoms with Crippen molar-refractivity contribution in [3.05, 3.63) is 39.7 Å². The topological polar surface area (TPSA) is 64.4 Å². The number of furan rings is 1. The molecule has 102 valence electrons. The number of thiazole rings is 1. The summed E-state index contributed by atoms with van der Waals surface area (Å²) in [6.07, 6.45) is 0. The molecular weight excluding hydrogens is 264 g/mol. The van der Waals surface area contributed by atoms with Crippen LogP contribution in [0.25, 0.3) is 0 Å². The van der Waals surface area contributed by atoms with Crippen LogP contribution in [0.4, 0.5) is 0 Å². The number of rotatable bonds is 5. The Balaban J connectivity index is 2.13. The van der Waals surface area contributed by atoms with E-state index in [2.05, 4.69) is 10.3 Å². The van der Waals surface area contributed by atoms with E-state index >= 15 is 0 Å². The molecule has 0 unspecified atom stereocenters. The number of hydrogen-bond donors (Lipinski definition) is 1. The first-order chi connectivity index (χ1) is 9.11. The van der Waals surface area contributed by atoms with Crippen LogP contribution in [0.1, 0.15) is 32.9 Å². The second-order valence-electron chi connectivity index (χ2n) is 4.20. The van der Waals surface area contributed by atoms with Gasteiger partial charge in [0.05, 0.1) is 17.8 Å². The summed E-state index contributed by atoms with van der Waals surface area (Å²) in [5, 5.41) is 2.90. The summed E-state index contributed by atoms with van der Waals surface area (Å²) in [5.74, 6) is 1.34. The Bertz CT molecular complexity index is 562. The van der Waals surface area contributed by atoms with E-state index in [0.29, 0.717) is 17.2 Å². The third kappa shape index (κ3) is 3.21. The maximum Gasteiger partial charge on any atom is 0.263 e. The van der Waals surface area contributed by atoms with E-state index < -0.39 is 0 Å². The van der Waals surface area contributed by atoms with Crippen molar-refractivity contribution in [1.29, 1.82) is 0 Å². The molecule has 1 atom stereocenters. The summed E-state index contributed by atoms with van der Waals surface area (Å²) < 4.78 is 10.7. The largest absolute Gasteiger partial charge is 0.464 e. The molecule has 0 saturated heterocycles. The highest BCUT2D eigenvalue weighted by molar-refractivity contribution is 7.11. The lowest BCUT2D eigenvalue weighted by Crippen LogP contribution is -2.31. The second kappa shape index (κ2) is 5.99. The Morgan fingerprint density at radius 1 is 1.53 bits per heavy atom. The number of methoxy groups -OCH3 is 1. The smallest absolute Gasteiger partial charge is 0.263 e. The van der Waals surface area contributed by atoms with Crippen LogP contribution in [-0.4, -0.2) is 24.6 Å². The van der Waals surface area contributed by atoms with Crippen LogP contribution in [-0.2, 0) is 4.74 Å². The molecule has 0 aliphatic carbocycles. The molecule has 0 bridgehead atoms. The van der Waals surface area contributed by atoms with Gasteiger partial charge in [-0.05, 0) is 26.0 Å². The van der Waals surface area contributed by atoms with Crippen molar-refractivity contribution >= 4 is 17.2 Å². The molecule has 2 aromatic heterocycles. The fourth-order valence-electron chi connectivity index (χ4n) is 1.75. The summed E-state index contributed by atoms with van der Waals surface area (Å²) in [6, 6.07) is 3.41. The van der Waals surface area contributed by atoms with Crippen LogP contribution in [0, 0.1) is 13.8 Å². The minimum Gasteiger partial charge on any atom is -0.464 e. The molecule has 0 aromatic carbocycles. The van der Waals surface area contributed by atoms with Gasteiger partial charge in [-0.1, -0.05) is 0 Å². The van der Waals surface area contributed by atoms with Gasteiger partial charge in [0.1, 0.15) is 22.4 Å². The molecule has 6 heteroatoms. The molecule has 2 aromatic rings. The molecule has 0 aliphatic rings. The summed E-state index contributed by atoms with van der Waals surface area (Å²) >= 11 is 1.32. The van der Waals surface area contributed by atoms with Crippen molar-refractivity contribution in [1.82, 2.24) is 10.3 Å². The molecule has 0 radical (unpaired) electrons. The van der Waals surface area contributed by atoms with Crippen LogP contribution < -0.4 is 5.32 Å². The number of aromatic nitrogens is 1. The highest BCUT2D eigenvalue weighted by Crippen LogP contribution is 2.19. The molecule has 0 aliphatic heterocycles. The molecule has 19 heavy (non-hydrogen) atoms. The van der Waals surface area contributed by atoms with Crippen LogP contribution in [0.2, 0.25) is 0 Å². The quantitative estimate of drug-likeness (QED) is 0.913. The monoisotopic (exact) mass is 280 g/mol. The van der Waals surface area contributed by atoms with Gasteiger partial charge >= 0.3 is 0 Å². The van der Waals surface area contributed by atoms with Crippen molar-refractivity contribution in [2.24, 2.45) is 0 Å². The van der Waals surface area contributed by atoms with E-state index in [1.165, 1.54) is 11.3 Å². The van der Waals surface area contributed by atoms with Crippen LogP contribution in [0.15, 0.2) is 22.1 Å². The van der Waals surface area contributed by atoms with Crippen molar-refractivity contribution in [2.45, 2.75) is 19.9 Å². The standard InChI is InChI=1S/C13H16N2O3S/c1-8-4-5-11(18-8)10(6-17-3)15-13(16)12-9(2)14-7-19-12/h4-5,7,10H,6H2,1-3H3,(H,15,16)/t10-/m1/s1. The fourth-order valence-corrected chi connectivity index (χ4v) is 2.45. The number of carbonyl (C=O) groups is 1. The fraction of sp³-hybridized carbons (Fsp3) is 0.385. The zero-order valence-corrected chi connectivity index (χ0v) is 11.9. The van der Waals surface area contributed by atoms with Gasteiger partial charge < -0.3 is 14.5 Å². The zero-order valence-electron chi connectivity index (χ0n) is 11.1. The lowest BCUT2D eigenvalue weighted by molar-refractivity contribution is 0.0885. The van der Waals surface area contributed by atoms with E-state index in [4.69, 9.17) is 9.15 Å². The predicted molar refractivity (Wildman–Crippen MR) is 72.4 cm³/mol. The molecule has 2 rings (SSSR count). The summed E-state index contributed by atoms with van der Waals surface area (Å²) in [7, 11) is 1.59. The number of carbonyl (C=O) groups excluding carboxylic acids is 1. The number of hydrogen-bond acceptors (Lipinski definition) is 5. The Morgan fingerprint density at radius 2 is 2.32 bits per heavy atom. The van der Waals surface area contributed by atoms with Crippen molar-refractivity contribution < 1.29 is 13.9 Å². The first kappa shape index (κ1) is 13.8. The minimum absolute atomic E-state index is 0.156. The van der Waals surface area contributed by atoms with Gasteiger partial charge in [-0.15, -0.1) is 11.3 Å². The Labute approximate surface area is 115 Å². The summed E-state index contributed by atoms with van der Waals surface area (Å²) in [6.45, 7) is 4.03. The van der Waals surface area contributed by atoms with Gasteiger partial charge in [0.25, 0.3) is 5.91 Å². The molecule has 2 heterocycles. The van der Waals surface area contributed by atoms with Crippen LogP contribution >= 0.6 is 11.3 Å². The number of nitrogens with one attached hydrogen (secondary N) is 1. The maximum atomic E-state index is 12.2. The summed E-state index contributed by atoms with van der Waals surface area (Å²) in [5.41, 5.74) is 2.39. The molecule has 1 amide bonds. The highest BCUT2D eigenvalue weighted by atomic mass is 32.1. The number of aryl methyl sites for hydroxylation is 2. The van der Waals surface area contributed by atoms with Crippen molar-refractivity contribution in [3.8, 4) is 0 Å². The predicted octanol–water partition coefficient (Wildman–Crippen LogP) is 2.47. The molecular formula is C13H16N2O3S. The molecule has 1 N–H and O–H groups in total. The SMILES string of the molecule is COC[C@@H](NC(=O)c1scnc1C)c1ccc(C)o1. The third-order valence-corrected chi connectivity index (χ3v) is 3.62. The molecule has 0 spiro atoms. The Hall–Kier alpha value is -1.66. The number of amides is 1. The summed E-state index contributed by atoms with van der Waals surface area (Å²) in [4.78, 5) is 16.8. The Morgan fingerprint density at radius 3 is 2.84 bits per heavy atom. The van der Waals surface area contributed by atoms with Gasteiger partial charge in [-0.25, -0.2) is 4.98 Å². The first-order valence-electron chi connectivity index (χ1n) is 5.88. The van der Waals surface area contributed by atoms with E-state index in [9.17, 15) is 4.79 Å². The average Bonchev–Trinajstić information content (AvgIpc) is 2.97. The van der Waals surface area contributed by atoms with Crippen molar-refractivity contribution in [2.75, 3.05) is 13.7 Å². The number of nitrogens with zero attached hydrogens (tertiary/aromatic N) is 1. The third-order valence-electron chi connectivity index (χ3n) is 2.69. The van der Waals surface area contributed by atoms with E-state index in [1.807, 2.05) is 26.0 Å². The Kier molecular flexibility index (Phi) is 4.34. The number of ether oxygens (including phenoxy) is 1. The maximum absolute atomic E-state index is 12.2. The zero-order chi connectivity index (χ0) is 13.8. The van der Waals surface area contributed by atoms with Crippen molar-refractivity contribution in [3.63, 3.8) is 0 Å². The van der Waals surface area contributed by atoms with E-state index in [0.717, 1.165) is 11.5 Å². The lowest BCUT2D eigenvalue weighted by Gasteiger charge is -2.15.